The largest absolute Gasteiger partial charge is 0.378 e. The highest BCUT2D eigenvalue weighted by Gasteiger charge is 2.35. The standard InChI is InChI=1S/C13H15F2NO4S/c1-9(13(17)16-4-6-20-7-5-16)21(18,19)12-8-10(14)2-3-11(12)15/h2-3,8-9H,4-7H2,1H3/t9-/m0/s1. The monoisotopic (exact) mass is 319 g/mol. The van der Waals surface area contributed by atoms with Crippen LogP contribution >= 0.6 is 0 Å². The van der Waals surface area contributed by atoms with Crippen LogP contribution in [0.4, 0.5) is 8.78 Å². The van der Waals surface area contributed by atoms with Gasteiger partial charge in [0.1, 0.15) is 21.8 Å². The van der Waals surface area contributed by atoms with Gasteiger partial charge in [-0.3, -0.25) is 4.79 Å². The van der Waals surface area contributed by atoms with Crippen molar-refractivity contribution in [3.63, 3.8) is 0 Å². The highest BCUT2D eigenvalue weighted by Crippen LogP contribution is 2.22. The number of carbonyl (C=O) groups excluding carboxylic acids is 1. The van der Waals surface area contributed by atoms with Crippen LogP contribution in [0.15, 0.2) is 23.1 Å². The number of rotatable bonds is 3. The molecule has 116 valence electrons. The summed E-state index contributed by atoms with van der Waals surface area (Å²) in [6.07, 6.45) is 0. The Bertz CT molecular complexity index is 642. The van der Waals surface area contributed by atoms with Crippen LogP contribution in [0, 0.1) is 11.6 Å². The molecule has 0 N–H and O–H groups in total. The average Bonchev–Trinajstić information content (AvgIpc) is 2.49. The molecule has 1 aliphatic heterocycles. The minimum atomic E-state index is -4.29. The van der Waals surface area contributed by atoms with E-state index in [1.54, 1.807) is 0 Å². The Balaban J connectivity index is 2.29. The summed E-state index contributed by atoms with van der Waals surface area (Å²) in [6, 6.07) is 2.14. The van der Waals surface area contributed by atoms with Gasteiger partial charge in [0.05, 0.1) is 13.2 Å². The summed E-state index contributed by atoms with van der Waals surface area (Å²) in [5.74, 6) is -2.58. The zero-order valence-corrected chi connectivity index (χ0v) is 12.2. The molecule has 0 radical (unpaired) electrons. The third-order valence-electron chi connectivity index (χ3n) is 3.34. The van der Waals surface area contributed by atoms with Crippen molar-refractivity contribution in [2.75, 3.05) is 26.3 Å². The van der Waals surface area contributed by atoms with Gasteiger partial charge in [0.15, 0.2) is 9.84 Å². The van der Waals surface area contributed by atoms with Crippen molar-refractivity contribution >= 4 is 15.7 Å². The fraction of sp³-hybridized carbons (Fsp3) is 0.462. The summed E-state index contributed by atoms with van der Waals surface area (Å²) >= 11 is 0. The third-order valence-corrected chi connectivity index (χ3v) is 5.39. The lowest BCUT2D eigenvalue weighted by atomic mass is 10.3. The van der Waals surface area contributed by atoms with Gasteiger partial charge in [-0.05, 0) is 25.1 Å². The number of halogens is 2. The summed E-state index contributed by atoms with van der Waals surface area (Å²) in [5.41, 5.74) is 0. The molecule has 0 saturated carbocycles. The quantitative estimate of drug-likeness (QED) is 0.833. The molecule has 5 nitrogen and oxygen atoms in total. The van der Waals surface area contributed by atoms with E-state index in [1.165, 1.54) is 11.8 Å². The first-order valence-electron chi connectivity index (χ1n) is 6.39. The summed E-state index contributed by atoms with van der Waals surface area (Å²) in [7, 11) is -4.29. The van der Waals surface area contributed by atoms with Crippen molar-refractivity contribution in [2.24, 2.45) is 0 Å². The van der Waals surface area contributed by atoms with E-state index >= 15 is 0 Å². The van der Waals surface area contributed by atoms with Gasteiger partial charge >= 0.3 is 0 Å². The van der Waals surface area contributed by atoms with Crippen molar-refractivity contribution in [3.05, 3.63) is 29.8 Å². The van der Waals surface area contributed by atoms with Crippen LogP contribution < -0.4 is 0 Å². The van der Waals surface area contributed by atoms with Gasteiger partial charge in [0.25, 0.3) is 0 Å². The molecule has 0 bridgehead atoms. The molecule has 1 aromatic carbocycles. The number of amides is 1. The minimum Gasteiger partial charge on any atom is -0.378 e. The maximum atomic E-state index is 13.6. The van der Waals surface area contributed by atoms with Gasteiger partial charge in [0, 0.05) is 13.1 Å². The third kappa shape index (κ3) is 3.21. The minimum absolute atomic E-state index is 0.282. The molecule has 2 rings (SSSR count). The number of hydrogen-bond donors (Lipinski definition) is 0. The molecule has 0 aliphatic carbocycles. The van der Waals surface area contributed by atoms with Gasteiger partial charge in [0.2, 0.25) is 5.91 Å². The second-order valence-electron chi connectivity index (χ2n) is 4.70. The highest BCUT2D eigenvalue weighted by atomic mass is 32.2. The van der Waals surface area contributed by atoms with E-state index in [9.17, 15) is 22.0 Å². The molecular weight excluding hydrogens is 304 g/mol. The van der Waals surface area contributed by atoms with E-state index in [1.807, 2.05) is 0 Å². The summed E-state index contributed by atoms with van der Waals surface area (Å²) in [5, 5.41) is -1.48. The van der Waals surface area contributed by atoms with Gasteiger partial charge in [-0.2, -0.15) is 0 Å². The second kappa shape index (κ2) is 6.07. The van der Waals surface area contributed by atoms with Crippen LogP contribution in [0.3, 0.4) is 0 Å². The van der Waals surface area contributed by atoms with Gasteiger partial charge in [-0.15, -0.1) is 0 Å². The Morgan fingerprint density at radius 3 is 2.52 bits per heavy atom. The van der Waals surface area contributed by atoms with Gasteiger partial charge in [-0.25, -0.2) is 17.2 Å². The number of morpholine rings is 1. The lowest BCUT2D eigenvalue weighted by Crippen LogP contribution is -2.47. The van der Waals surface area contributed by atoms with Crippen molar-refractivity contribution in [3.8, 4) is 0 Å². The molecule has 1 heterocycles. The smallest absolute Gasteiger partial charge is 0.241 e. The van der Waals surface area contributed by atoms with Crippen LogP contribution in [0.2, 0.25) is 0 Å². The maximum absolute atomic E-state index is 13.6. The van der Waals surface area contributed by atoms with E-state index in [-0.39, 0.29) is 13.1 Å². The first-order chi connectivity index (χ1) is 9.84. The molecule has 1 aliphatic rings. The number of carbonyl (C=O) groups is 1. The molecule has 0 spiro atoms. The Hall–Kier alpha value is -1.54. The molecule has 0 unspecified atom stereocenters. The van der Waals surface area contributed by atoms with Crippen LogP contribution in [0.1, 0.15) is 6.92 Å². The van der Waals surface area contributed by atoms with Crippen LogP contribution in [0.25, 0.3) is 0 Å². The lowest BCUT2D eigenvalue weighted by molar-refractivity contribution is -0.134. The van der Waals surface area contributed by atoms with E-state index in [0.29, 0.717) is 19.3 Å². The predicted octanol–water partition coefficient (Wildman–Crippen LogP) is 0.986. The number of hydrogen-bond acceptors (Lipinski definition) is 4. The fourth-order valence-electron chi connectivity index (χ4n) is 2.06. The van der Waals surface area contributed by atoms with E-state index in [0.717, 1.165) is 12.1 Å². The second-order valence-corrected chi connectivity index (χ2v) is 6.94. The molecule has 1 atom stereocenters. The zero-order chi connectivity index (χ0) is 15.6. The molecule has 1 aromatic rings. The van der Waals surface area contributed by atoms with Crippen LogP contribution in [-0.4, -0.2) is 50.8 Å². The van der Waals surface area contributed by atoms with E-state index in [2.05, 4.69) is 0 Å². The normalized spacial score (nSPS) is 17.6. The topological polar surface area (TPSA) is 63.7 Å². The molecule has 8 heteroatoms. The van der Waals surface area contributed by atoms with Gasteiger partial charge < -0.3 is 9.64 Å². The number of nitrogens with zero attached hydrogens (tertiary/aromatic N) is 1. The summed E-state index contributed by atoms with van der Waals surface area (Å²) in [4.78, 5) is 12.7. The highest BCUT2D eigenvalue weighted by molar-refractivity contribution is 7.92. The Morgan fingerprint density at radius 1 is 1.29 bits per heavy atom. The van der Waals surface area contributed by atoms with Crippen LogP contribution in [0.5, 0.6) is 0 Å². The van der Waals surface area contributed by atoms with Gasteiger partial charge in [-0.1, -0.05) is 0 Å². The maximum Gasteiger partial charge on any atom is 0.241 e. The molecule has 21 heavy (non-hydrogen) atoms. The molecule has 1 amide bonds. The number of sulfone groups is 1. The Labute approximate surface area is 121 Å². The van der Waals surface area contributed by atoms with Crippen molar-refractivity contribution in [1.82, 2.24) is 4.90 Å². The Morgan fingerprint density at radius 2 is 1.90 bits per heavy atom. The SMILES string of the molecule is C[C@@H](C(=O)N1CCOCC1)S(=O)(=O)c1cc(F)ccc1F. The molecule has 1 fully saturated rings. The predicted molar refractivity (Wildman–Crippen MR) is 70.4 cm³/mol. The molecule has 0 aromatic heterocycles. The first-order valence-corrected chi connectivity index (χ1v) is 7.94. The van der Waals surface area contributed by atoms with Crippen molar-refractivity contribution in [2.45, 2.75) is 17.1 Å². The lowest BCUT2D eigenvalue weighted by Gasteiger charge is -2.29. The number of benzene rings is 1. The van der Waals surface area contributed by atoms with Crippen LogP contribution in [-0.2, 0) is 19.4 Å². The number of ether oxygens (including phenoxy) is 1. The summed E-state index contributed by atoms with van der Waals surface area (Å²) in [6.45, 7) is 2.39. The fourth-order valence-corrected chi connectivity index (χ4v) is 3.47. The van der Waals surface area contributed by atoms with Crippen molar-refractivity contribution in [1.29, 1.82) is 0 Å². The van der Waals surface area contributed by atoms with E-state index < -0.39 is 37.5 Å². The Kier molecular flexibility index (Phi) is 4.58. The zero-order valence-electron chi connectivity index (χ0n) is 11.4. The van der Waals surface area contributed by atoms with Crippen molar-refractivity contribution < 1.29 is 26.7 Å². The molecular formula is C13H15F2NO4S. The van der Waals surface area contributed by atoms with E-state index in [4.69, 9.17) is 4.74 Å². The summed E-state index contributed by atoms with van der Waals surface area (Å²) < 4.78 is 56.5. The average molecular weight is 319 g/mol. The molecule has 1 saturated heterocycles. The first kappa shape index (κ1) is 15.8.